The van der Waals surface area contributed by atoms with E-state index in [9.17, 15) is 0 Å². The van der Waals surface area contributed by atoms with Gasteiger partial charge in [-0.15, -0.1) is 0 Å². The highest BCUT2D eigenvalue weighted by molar-refractivity contribution is 4.66. The molecule has 0 bridgehead atoms. The highest BCUT2D eigenvalue weighted by Gasteiger charge is 2.10. The predicted molar refractivity (Wildman–Crippen MR) is 71.5 cm³/mol. The van der Waals surface area contributed by atoms with Crippen LogP contribution in [-0.4, -0.2) is 49.6 Å². The van der Waals surface area contributed by atoms with Crippen molar-refractivity contribution in [2.45, 2.75) is 53.5 Å². The third-order valence-corrected chi connectivity index (χ3v) is 2.53. The van der Waals surface area contributed by atoms with Gasteiger partial charge in [0.1, 0.15) is 0 Å². The van der Waals surface area contributed by atoms with Crippen LogP contribution >= 0.6 is 0 Å². The van der Waals surface area contributed by atoms with Gasteiger partial charge in [0.15, 0.2) is 0 Å². The van der Waals surface area contributed by atoms with Gasteiger partial charge in [-0.25, -0.2) is 0 Å². The maximum Gasteiger partial charge on any atom is 0.00789 e. The average Bonchev–Trinajstić information content (AvgIpc) is 2.25. The Bertz CT molecular complexity index is 113. The summed E-state index contributed by atoms with van der Waals surface area (Å²) in [6.07, 6.45) is 2.54. The van der Waals surface area contributed by atoms with Gasteiger partial charge in [-0.2, -0.15) is 0 Å². The molecule has 0 amide bonds. The molecule has 0 aromatic heterocycles. The van der Waals surface area contributed by atoms with Crippen molar-refractivity contribution in [3.8, 4) is 0 Å². The van der Waals surface area contributed by atoms with Crippen molar-refractivity contribution in [1.29, 1.82) is 0 Å². The molecule has 0 saturated carbocycles. The zero-order chi connectivity index (χ0) is 12.3. The van der Waals surface area contributed by atoms with Crippen molar-refractivity contribution >= 4 is 0 Å². The summed E-state index contributed by atoms with van der Waals surface area (Å²) in [5.41, 5.74) is 0. The topological polar surface area (TPSA) is 6.48 Å². The van der Waals surface area contributed by atoms with Crippen molar-refractivity contribution < 1.29 is 0 Å². The molecular formula is C13H32N2. The van der Waals surface area contributed by atoms with Gasteiger partial charge in [-0.1, -0.05) is 27.7 Å². The minimum Gasteiger partial charge on any atom is -0.309 e. The van der Waals surface area contributed by atoms with Crippen LogP contribution in [0.15, 0.2) is 0 Å². The Morgan fingerprint density at radius 2 is 1.53 bits per heavy atom. The molecule has 0 radical (unpaired) electrons. The lowest BCUT2D eigenvalue weighted by molar-refractivity contribution is 0.197. The molecule has 1 atom stereocenters. The number of nitrogens with zero attached hydrogens (tertiary/aromatic N) is 2. The minimum atomic E-state index is 0.729. The van der Waals surface area contributed by atoms with E-state index >= 15 is 0 Å². The summed E-state index contributed by atoms with van der Waals surface area (Å²) in [6, 6.07) is 0.729. The normalized spacial score (nSPS) is 12.6. The summed E-state index contributed by atoms with van der Waals surface area (Å²) in [4.78, 5) is 4.82. The number of rotatable bonds is 7. The van der Waals surface area contributed by atoms with Crippen LogP contribution in [0.4, 0.5) is 0 Å². The van der Waals surface area contributed by atoms with Crippen LogP contribution in [-0.2, 0) is 0 Å². The smallest absolute Gasteiger partial charge is 0.00789 e. The lowest BCUT2D eigenvalue weighted by atomic mass is 10.2. The highest BCUT2D eigenvalue weighted by Crippen LogP contribution is 2.04. The van der Waals surface area contributed by atoms with Gasteiger partial charge in [0.25, 0.3) is 0 Å². The Hall–Kier alpha value is -0.0800. The Balaban J connectivity index is 0. The number of hydrogen-bond donors (Lipinski definition) is 0. The quantitative estimate of drug-likeness (QED) is 0.645. The lowest BCUT2D eigenvalue weighted by Gasteiger charge is -2.28. The minimum absolute atomic E-state index is 0.729. The third-order valence-electron chi connectivity index (χ3n) is 2.53. The van der Waals surface area contributed by atoms with Crippen molar-refractivity contribution in [2.24, 2.45) is 0 Å². The van der Waals surface area contributed by atoms with E-state index in [2.05, 4.69) is 44.7 Å². The van der Waals surface area contributed by atoms with Gasteiger partial charge in [-0.05, 0) is 53.5 Å². The van der Waals surface area contributed by atoms with E-state index < -0.39 is 0 Å². The fourth-order valence-corrected chi connectivity index (χ4v) is 1.60. The van der Waals surface area contributed by atoms with Gasteiger partial charge in [0.2, 0.25) is 0 Å². The van der Waals surface area contributed by atoms with E-state index in [1.807, 2.05) is 13.8 Å². The van der Waals surface area contributed by atoms with Crippen LogP contribution < -0.4 is 0 Å². The molecule has 0 spiro atoms. The molecule has 2 nitrogen and oxygen atoms in total. The largest absolute Gasteiger partial charge is 0.309 e. The van der Waals surface area contributed by atoms with E-state index in [1.54, 1.807) is 0 Å². The van der Waals surface area contributed by atoms with Gasteiger partial charge in [0.05, 0.1) is 0 Å². The lowest BCUT2D eigenvalue weighted by Crippen LogP contribution is -2.35. The molecule has 2 heteroatoms. The Morgan fingerprint density at radius 3 is 1.87 bits per heavy atom. The first-order valence-corrected chi connectivity index (χ1v) is 6.50. The maximum absolute atomic E-state index is 2.56. The van der Waals surface area contributed by atoms with Crippen LogP contribution in [0.3, 0.4) is 0 Å². The Morgan fingerprint density at radius 1 is 1.00 bits per heavy atom. The van der Waals surface area contributed by atoms with Crippen LogP contribution in [0, 0.1) is 0 Å². The molecule has 0 rings (SSSR count). The monoisotopic (exact) mass is 216 g/mol. The molecule has 0 aliphatic carbocycles. The maximum atomic E-state index is 2.56. The van der Waals surface area contributed by atoms with E-state index in [0.29, 0.717) is 0 Å². The SMILES string of the molecule is CC.CCCN(CC)C(C)CCN(C)C. The van der Waals surface area contributed by atoms with Crippen molar-refractivity contribution in [2.75, 3.05) is 33.7 Å². The Labute approximate surface area is 97.6 Å². The van der Waals surface area contributed by atoms with Crippen molar-refractivity contribution in [3.63, 3.8) is 0 Å². The third kappa shape index (κ3) is 10.2. The zero-order valence-electron chi connectivity index (χ0n) is 12.0. The fraction of sp³-hybridized carbons (Fsp3) is 1.00. The summed E-state index contributed by atoms with van der Waals surface area (Å²) in [7, 11) is 4.28. The van der Waals surface area contributed by atoms with Gasteiger partial charge in [-0.3, -0.25) is 0 Å². The first-order valence-electron chi connectivity index (χ1n) is 6.50. The highest BCUT2D eigenvalue weighted by atomic mass is 15.1. The van der Waals surface area contributed by atoms with Gasteiger partial charge in [0, 0.05) is 6.04 Å². The van der Waals surface area contributed by atoms with Crippen LogP contribution in [0.5, 0.6) is 0 Å². The van der Waals surface area contributed by atoms with Crippen molar-refractivity contribution in [1.82, 2.24) is 9.80 Å². The predicted octanol–water partition coefficient (Wildman–Crippen LogP) is 3.08. The first-order chi connectivity index (χ1) is 7.11. The molecule has 15 heavy (non-hydrogen) atoms. The second-order valence-electron chi connectivity index (χ2n) is 4.07. The summed E-state index contributed by atoms with van der Waals surface area (Å²) in [5, 5.41) is 0. The average molecular weight is 216 g/mol. The molecule has 0 aromatic rings. The van der Waals surface area contributed by atoms with Crippen LogP contribution in [0.25, 0.3) is 0 Å². The standard InChI is InChI=1S/C11H26N2.C2H6/c1-6-9-13(7-2)11(3)8-10-12(4)5;1-2/h11H,6-10H2,1-5H3;1-2H3. The van der Waals surface area contributed by atoms with E-state index in [-0.39, 0.29) is 0 Å². The second kappa shape index (κ2) is 12.0. The summed E-state index contributed by atoms with van der Waals surface area (Å²) < 4.78 is 0. The summed E-state index contributed by atoms with van der Waals surface area (Å²) in [5.74, 6) is 0. The molecule has 94 valence electrons. The molecule has 0 aliphatic heterocycles. The summed E-state index contributed by atoms with van der Waals surface area (Å²) >= 11 is 0. The molecule has 0 N–H and O–H groups in total. The van der Waals surface area contributed by atoms with E-state index in [4.69, 9.17) is 0 Å². The van der Waals surface area contributed by atoms with E-state index in [0.717, 1.165) is 6.04 Å². The first kappa shape index (κ1) is 17.3. The summed E-state index contributed by atoms with van der Waals surface area (Å²) in [6.45, 7) is 14.5. The van der Waals surface area contributed by atoms with Gasteiger partial charge < -0.3 is 9.80 Å². The Kier molecular flexibility index (Phi) is 13.8. The van der Waals surface area contributed by atoms with Crippen LogP contribution in [0.1, 0.15) is 47.5 Å². The van der Waals surface area contributed by atoms with Crippen LogP contribution in [0.2, 0.25) is 0 Å². The number of hydrogen-bond acceptors (Lipinski definition) is 2. The zero-order valence-corrected chi connectivity index (χ0v) is 12.0. The second-order valence-corrected chi connectivity index (χ2v) is 4.07. The van der Waals surface area contributed by atoms with Gasteiger partial charge >= 0.3 is 0 Å². The molecule has 0 heterocycles. The molecule has 0 aromatic carbocycles. The van der Waals surface area contributed by atoms with Crippen molar-refractivity contribution in [3.05, 3.63) is 0 Å². The molecule has 0 saturated heterocycles. The molecule has 0 fully saturated rings. The molecule has 1 unspecified atom stereocenters. The fourth-order valence-electron chi connectivity index (χ4n) is 1.60. The molecule has 0 aliphatic rings. The molecular weight excluding hydrogens is 184 g/mol. The van der Waals surface area contributed by atoms with E-state index in [1.165, 1.54) is 32.5 Å².